The Labute approximate surface area is 198 Å². The molecule has 0 atom stereocenters. The van der Waals surface area contributed by atoms with Gasteiger partial charge in [-0.05, 0) is 41.6 Å². The summed E-state index contributed by atoms with van der Waals surface area (Å²) >= 11 is 8.23. The van der Waals surface area contributed by atoms with Crippen molar-refractivity contribution in [2.75, 3.05) is 11.9 Å². The number of carbonyl (C=O) groups is 2. The molecule has 0 unspecified atom stereocenters. The van der Waals surface area contributed by atoms with E-state index in [1.807, 2.05) is 47.9 Å². The van der Waals surface area contributed by atoms with E-state index in [-0.39, 0.29) is 11.8 Å². The zero-order valence-electron chi connectivity index (χ0n) is 17.2. The minimum Gasteiger partial charge on any atom is -0.425 e. The van der Waals surface area contributed by atoms with Crippen LogP contribution in [0.15, 0.2) is 51.1 Å². The van der Waals surface area contributed by atoms with Crippen molar-refractivity contribution in [3.05, 3.63) is 68.9 Å². The van der Waals surface area contributed by atoms with Gasteiger partial charge in [-0.15, -0.1) is 21.5 Å². The SMILES string of the molecule is Cc1nnc(Cc2ccc(NC(=O)CCCN3C(=O)/C(=C/c4cccs4)SC3=S)cc2)o1. The van der Waals surface area contributed by atoms with Crippen LogP contribution < -0.4 is 5.32 Å². The third-order valence-corrected chi connectivity index (χ3v) is 6.83. The molecule has 2 amide bonds. The lowest BCUT2D eigenvalue weighted by Gasteiger charge is -2.14. The van der Waals surface area contributed by atoms with Crippen LogP contribution in [0.2, 0.25) is 0 Å². The summed E-state index contributed by atoms with van der Waals surface area (Å²) in [5.41, 5.74) is 1.72. The molecule has 3 heterocycles. The Balaban J connectivity index is 1.23. The van der Waals surface area contributed by atoms with Gasteiger partial charge in [0.25, 0.3) is 5.91 Å². The van der Waals surface area contributed by atoms with Crippen molar-refractivity contribution in [1.29, 1.82) is 0 Å². The molecule has 1 saturated heterocycles. The molecule has 32 heavy (non-hydrogen) atoms. The molecule has 2 aromatic heterocycles. The summed E-state index contributed by atoms with van der Waals surface area (Å²) in [7, 11) is 0. The lowest BCUT2D eigenvalue weighted by molar-refractivity contribution is -0.122. The van der Waals surface area contributed by atoms with Crippen LogP contribution in [0.3, 0.4) is 0 Å². The number of hydrogen-bond acceptors (Lipinski definition) is 8. The Hall–Kier alpha value is -2.82. The molecule has 3 aromatic rings. The summed E-state index contributed by atoms with van der Waals surface area (Å²) in [5, 5.41) is 12.6. The van der Waals surface area contributed by atoms with Gasteiger partial charge < -0.3 is 9.73 Å². The maximum atomic E-state index is 12.6. The van der Waals surface area contributed by atoms with Gasteiger partial charge in [0, 0.05) is 30.5 Å². The molecule has 164 valence electrons. The highest BCUT2D eigenvalue weighted by atomic mass is 32.2. The van der Waals surface area contributed by atoms with Crippen LogP contribution in [0.4, 0.5) is 5.69 Å². The van der Waals surface area contributed by atoms with E-state index >= 15 is 0 Å². The standard InChI is InChI=1S/C22H20N4O3S3/c1-14-24-25-20(29-14)12-15-6-8-16(9-7-15)23-19(27)5-2-10-26-21(28)18(32-22(26)30)13-17-4-3-11-31-17/h3-4,6-9,11,13H,2,5,10,12H2,1H3,(H,23,27)/b18-13-. The van der Waals surface area contributed by atoms with Crippen LogP contribution in [0.25, 0.3) is 6.08 Å². The smallest absolute Gasteiger partial charge is 0.266 e. The van der Waals surface area contributed by atoms with Gasteiger partial charge in [-0.3, -0.25) is 14.5 Å². The van der Waals surface area contributed by atoms with E-state index in [9.17, 15) is 9.59 Å². The first-order chi connectivity index (χ1) is 15.5. The lowest BCUT2D eigenvalue weighted by atomic mass is 10.1. The number of nitrogens with zero attached hydrogens (tertiary/aromatic N) is 3. The molecule has 0 aliphatic carbocycles. The first-order valence-electron chi connectivity index (χ1n) is 9.94. The lowest BCUT2D eigenvalue weighted by Crippen LogP contribution is -2.29. The molecule has 0 spiro atoms. The Morgan fingerprint density at radius 3 is 2.75 bits per heavy atom. The van der Waals surface area contributed by atoms with E-state index in [0.29, 0.717) is 52.5 Å². The van der Waals surface area contributed by atoms with Crippen LogP contribution in [0.5, 0.6) is 0 Å². The minimum atomic E-state index is -0.107. The molecule has 0 bridgehead atoms. The Bertz CT molecular complexity index is 1150. The van der Waals surface area contributed by atoms with Crippen molar-refractivity contribution >= 4 is 63.2 Å². The maximum Gasteiger partial charge on any atom is 0.266 e. The third kappa shape index (κ3) is 5.70. The number of thiocarbonyl (C=S) groups is 1. The summed E-state index contributed by atoms with van der Waals surface area (Å²) in [6, 6.07) is 11.4. The Morgan fingerprint density at radius 2 is 2.06 bits per heavy atom. The third-order valence-electron chi connectivity index (χ3n) is 4.64. The topological polar surface area (TPSA) is 88.3 Å². The second-order valence-electron chi connectivity index (χ2n) is 7.09. The second-order valence-corrected chi connectivity index (χ2v) is 9.74. The van der Waals surface area contributed by atoms with Gasteiger partial charge >= 0.3 is 0 Å². The van der Waals surface area contributed by atoms with Crippen LogP contribution in [0.1, 0.15) is 35.1 Å². The van der Waals surface area contributed by atoms with E-state index in [2.05, 4.69) is 15.5 Å². The van der Waals surface area contributed by atoms with Crippen molar-refractivity contribution in [3.63, 3.8) is 0 Å². The van der Waals surface area contributed by atoms with Crippen LogP contribution in [-0.4, -0.2) is 37.8 Å². The average Bonchev–Trinajstić information content (AvgIpc) is 3.48. The number of rotatable bonds is 8. The van der Waals surface area contributed by atoms with Gasteiger partial charge in [-0.25, -0.2) is 0 Å². The molecule has 10 heteroatoms. The van der Waals surface area contributed by atoms with Crippen molar-refractivity contribution in [2.24, 2.45) is 0 Å². The van der Waals surface area contributed by atoms with Crippen LogP contribution >= 0.6 is 35.3 Å². The number of carbonyl (C=O) groups excluding carboxylic acids is 2. The van der Waals surface area contributed by atoms with Crippen molar-refractivity contribution < 1.29 is 14.0 Å². The predicted molar refractivity (Wildman–Crippen MR) is 130 cm³/mol. The highest BCUT2D eigenvalue weighted by molar-refractivity contribution is 8.26. The van der Waals surface area contributed by atoms with Gasteiger partial charge in [0.2, 0.25) is 17.7 Å². The molecular weight excluding hydrogens is 464 g/mol. The number of nitrogens with one attached hydrogen (secondary N) is 1. The average molecular weight is 485 g/mol. The zero-order valence-corrected chi connectivity index (χ0v) is 19.7. The summed E-state index contributed by atoms with van der Waals surface area (Å²) in [6.45, 7) is 2.17. The quantitative estimate of drug-likeness (QED) is 0.368. The molecule has 1 aromatic carbocycles. The summed E-state index contributed by atoms with van der Waals surface area (Å²) in [5.74, 6) is 0.888. The van der Waals surface area contributed by atoms with Crippen molar-refractivity contribution in [1.82, 2.24) is 15.1 Å². The fourth-order valence-corrected chi connectivity index (χ4v) is 5.14. The van der Waals surface area contributed by atoms with Gasteiger partial charge in [0.1, 0.15) is 4.32 Å². The molecular formula is C22H20N4O3S3. The molecule has 1 aliphatic heterocycles. The number of aryl methyl sites for hydroxylation is 1. The summed E-state index contributed by atoms with van der Waals surface area (Å²) in [4.78, 5) is 28.1. The molecule has 1 N–H and O–H groups in total. The van der Waals surface area contributed by atoms with Gasteiger partial charge in [-0.2, -0.15) is 0 Å². The Kier molecular flexibility index (Phi) is 7.13. The van der Waals surface area contributed by atoms with Gasteiger partial charge in [0.05, 0.1) is 11.3 Å². The van der Waals surface area contributed by atoms with E-state index in [0.717, 1.165) is 10.4 Å². The molecule has 0 saturated carbocycles. The first-order valence-corrected chi connectivity index (χ1v) is 12.0. The summed E-state index contributed by atoms with van der Waals surface area (Å²) < 4.78 is 5.92. The van der Waals surface area contributed by atoms with E-state index in [1.54, 1.807) is 23.2 Å². The van der Waals surface area contributed by atoms with Gasteiger partial charge in [-0.1, -0.05) is 42.2 Å². The second kappa shape index (κ2) is 10.2. The number of aromatic nitrogens is 2. The molecule has 0 radical (unpaired) electrons. The maximum absolute atomic E-state index is 12.6. The van der Waals surface area contributed by atoms with Crippen molar-refractivity contribution in [2.45, 2.75) is 26.2 Å². The minimum absolute atomic E-state index is 0.0964. The number of thioether (sulfide) groups is 1. The molecule has 4 rings (SSSR count). The normalized spacial score (nSPS) is 15.0. The van der Waals surface area contributed by atoms with Crippen LogP contribution in [0, 0.1) is 6.92 Å². The number of thiophene rings is 1. The van der Waals surface area contributed by atoms with Crippen molar-refractivity contribution in [3.8, 4) is 0 Å². The number of benzene rings is 1. The Morgan fingerprint density at radius 1 is 1.25 bits per heavy atom. The van der Waals surface area contributed by atoms with E-state index in [4.69, 9.17) is 16.6 Å². The van der Waals surface area contributed by atoms with Crippen LogP contribution in [-0.2, 0) is 16.0 Å². The fourth-order valence-electron chi connectivity index (χ4n) is 3.11. The van der Waals surface area contributed by atoms with Gasteiger partial charge in [0.15, 0.2) is 0 Å². The zero-order chi connectivity index (χ0) is 22.5. The largest absolute Gasteiger partial charge is 0.425 e. The number of amides is 2. The molecule has 1 aliphatic rings. The van der Waals surface area contributed by atoms with E-state index < -0.39 is 0 Å². The fraction of sp³-hybridized carbons (Fsp3) is 0.227. The first kappa shape index (κ1) is 22.4. The molecule has 7 nitrogen and oxygen atoms in total. The number of anilines is 1. The molecule has 1 fully saturated rings. The summed E-state index contributed by atoms with van der Waals surface area (Å²) in [6.07, 6.45) is 3.23. The number of hydrogen-bond donors (Lipinski definition) is 1. The van der Waals surface area contributed by atoms with E-state index in [1.165, 1.54) is 11.8 Å². The highest BCUT2D eigenvalue weighted by Gasteiger charge is 2.31. The monoisotopic (exact) mass is 484 g/mol. The highest BCUT2D eigenvalue weighted by Crippen LogP contribution is 2.33. The predicted octanol–water partition coefficient (Wildman–Crippen LogP) is 4.65.